The Morgan fingerprint density at radius 2 is 2.07 bits per heavy atom. The first kappa shape index (κ1) is 19.8. The predicted octanol–water partition coefficient (Wildman–Crippen LogP) is 1.12. The average molecular weight is 406 g/mol. The van der Waals surface area contributed by atoms with Crippen LogP contribution in [0.15, 0.2) is 24.3 Å². The van der Waals surface area contributed by atoms with Gasteiger partial charge in [0.15, 0.2) is 12.3 Å². The number of nitrogens with zero attached hydrogens (tertiary/aromatic N) is 4. The number of aryl methyl sites for hydroxylation is 1. The molecule has 1 fully saturated rings. The van der Waals surface area contributed by atoms with Gasteiger partial charge in [-0.3, -0.25) is 9.59 Å². The fourth-order valence-electron chi connectivity index (χ4n) is 2.39. The largest absolute Gasteiger partial charge is 0.451 e. The second kappa shape index (κ2) is 8.39. The van der Waals surface area contributed by atoms with Crippen molar-refractivity contribution in [3.8, 4) is 5.69 Å². The molecule has 1 aliphatic carbocycles. The number of rotatable bonds is 7. The molecule has 1 aromatic carbocycles. The van der Waals surface area contributed by atoms with E-state index in [4.69, 9.17) is 16.3 Å². The minimum Gasteiger partial charge on any atom is -0.451 e. The van der Waals surface area contributed by atoms with Crippen molar-refractivity contribution in [2.45, 2.75) is 25.8 Å². The molecule has 28 heavy (non-hydrogen) atoms. The topological polar surface area (TPSA) is 106 Å². The molecule has 1 heterocycles. The van der Waals surface area contributed by atoms with Crippen LogP contribution in [-0.2, 0) is 14.3 Å². The monoisotopic (exact) mass is 405 g/mol. The van der Waals surface area contributed by atoms with Gasteiger partial charge in [-0.1, -0.05) is 17.7 Å². The molecule has 0 saturated heterocycles. The van der Waals surface area contributed by atoms with Gasteiger partial charge in [-0.15, -0.1) is 5.10 Å². The Balaban J connectivity index is 1.55. The molecular formula is C18H20ClN5O4. The molecule has 1 aromatic heterocycles. The van der Waals surface area contributed by atoms with E-state index < -0.39 is 18.5 Å². The summed E-state index contributed by atoms with van der Waals surface area (Å²) in [4.78, 5) is 38.6. The van der Waals surface area contributed by atoms with E-state index in [1.54, 1.807) is 31.2 Å². The molecule has 1 saturated carbocycles. The van der Waals surface area contributed by atoms with Gasteiger partial charge in [-0.2, -0.15) is 9.90 Å². The number of carbonyl (C=O) groups is 3. The Labute approximate surface area is 166 Å². The fraction of sp³-hybridized carbons (Fsp3) is 0.389. The number of amides is 2. The van der Waals surface area contributed by atoms with E-state index in [2.05, 4.69) is 15.5 Å². The maximum absolute atomic E-state index is 12.3. The number of halogens is 1. The minimum atomic E-state index is -0.769. The van der Waals surface area contributed by atoms with Crippen molar-refractivity contribution < 1.29 is 19.1 Å². The number of benzene rings is 1. The van der Waals surface area contributed by atoms with E-state index in [1.807, 2.05) is 0 Å². The van der Waals surface area contributed by atoms with Crippen molar-refractivity contribution in [2.75, 3.05) is 20.2 Å². The molecule has 0 bridgehead atoms. The van der Waals surface area contributed by atoms with Gasteiger partial charge in [0.05, 0.1) is 17.9 Å². The van der Waals surface area contributed by atoms with E-state index in [0.717, 1.165) is 12.8 Å². The smallest absolute Gasteiger partial charge is 0.361 e. The Hall–Kier alpha value is -2.94. The van der Waals surface area contributed by atoms with Crippen LogP contribution >= 0.6 is 11.6 Å². The predicted molar refractivity (Wildman–Crippen MR) is 100 cm³/mol. The number of ether oxygens (including phenoxy) is 1. The van der Waals surface area contributed by atoms with Gasteiger partial charge >= 0.3 is 5.97 Å². The normalized spacial score (nSPS) is 13.1. The number of hydrogen-bond donors (Lipinski definition) is 1. The lowest BCUT2D eigenvalue weighted by Gasteiger charge is -2.16. The molecule has 10 heteroatoms. The molecule has 9 nitrogen and oxygen atoms in total. The van der Waals surface area contributed by atoms with Gasteiger partial charge in [-0.05, 0) is 38.0 Å². The highest BCUT2D eigenvalue weighted by atomic mass is 35.5. The summed E-state index contributed by atoms with van der Waals surface area (Å²) < 4.78 is 5.04. The zero-order valence-electron chi connectivity index (χ0n) is 15.5. The zero-order valence-corrected chi connectivity index (χ0v) is 16.3. The number of hydrogen-bond acceptors (Lipinski definition) is 6. The third-order valence-electron chi connectivity index (χ3n) is 4.09. The first-order valence-electron chi connectivity index (χ1n) is 8.74. The summed E-state index contributed by atoms with van der Waals surface area (Å²) in [6.45, 7) is 1.03. The Morgan fingerprint density at radius 3 is 2.75 bits per heavy atom. The van der Waals surface area contributed by atoms with Crippen LogP contribution in [0.4, 0.5) is 0 Å². The fourth-order valence-corrected chi connectivity index (χ4v) is 2.58. The summed E-state index contributed by atoms with van der Waals surface area (Å²) in [7, 11) is 1.48. The van der Waals surface area contributed by atoms with Gasteiger partial charge < -0.3 is 15.0 Å². The van der Waals surface area contributed by atoms with Crippen molar-refractivity contribution in [3.63, 3.8) is 0 Å². The Kier molecular flexibility index (Phi) is 5.93. The van der Waals surface area contributed by atoms with Crippen LogP contribution < -0.4 is 5.32 Å². The van der Waals surface area contributed by atoms with E-state index in [0.29, 0.717) is 16.4 Å². The molecule has 0 aliphatic heterocycles. The summed E-state index contributed by atoms with van der Waals surface area (Å²) in [6, 6.07) is 7.07. The number of carbonyl (C=O) groups excluding carboxylic acids is 3. The molecule has 0 atom stereocenters. The van der Waals surface area contributed by atoms with Gasteiger partial charge in [0.2, 0.25) is 5.91 Å². The summed E-state index contributed by atoms with van der Waals surface area (Å²) >= 11 is 5.95. The number of nitrogens with one attached hydrogen (secondary N) is 1. The highest BCUT2D eigenvalue weighted by molar-refractivity contribution is 6.30. The van der Waals surface area contributed by atoms with Gasteiger partial charge in [-0.25, -0.2) is 4.79 Å². The first-order valence-corrected chi connectivity index (χ1v) is 9.11. The molecule has 2 aromatic rings. The van der Waals surface area contributed by atoms with Crippen molar-refractivity contribution >= 4 is 29.4 Å². The molecular weight excluding hydrogens is 386 g/mol. The second-order valence-electron chi connectivity index (χ2n) is 6.57. The standard InChI is InChI=1S/C18H20ClN5O4/c1-11-17(22-24(21-11)14-5-3-4-12(19)8-14)18(27)28-10-16(26)23(2)9-15(25)20-13-6-7-13/h3-5,8,13H,6-7,9-10H2,1-2H3,(H,20,25). The second-order valence-corrected chi connectivity index (χ2v) is 7.01. The van der Waals surface area contributed by atoms with E-state index in [-0.39, 0.29) is 24.2 Å². The molecule has 0 radical (unpaired) electrons. The van der Waals surface area contributed by atoms with Crippen LogP contribution in [0.3, 0.4) is 0 Å². The number of likely N-dealkylation sites (N-methyl/N-ethyl adjacent to an activating group) is 1. The Bertz CT molecular complexity index is 909. The van der Waals surface area contributed by atoms with Crippen molar-refractivity contribution in [2.24, 2.45) is 0 Å². The molecule has 3 rings (SSSR count). The molecule has 148 valence electrons. The lowest BCUT2D eigenvalue weighted by atomic mass is 10.3. The first-order chi connectivity index (χ1) is 13.3. The van der Waals surface area contributed by atoms with Crippen LogP contribution in [0.2, 0.25) is 5.02 Å². The minimum absolute atomic E-state index is 0.00176. The lowest BCUT2D eigenvalue weighted by Crippen LogP contribution is -2.40. The van der Waals surface area contributed by atoms with E-state index in [9.17, 15) is 14.4 Å². The van der Waals surface area contributed by atoms with Gasteiger partial charge in [0.25, 0.3) is 5.91 Å². The van der Waals surface area contributed by atoms with Crippen molar-refractivity contribution in [1.29, 1.82) is 0 Å². The lowest BCUT2D eigenvalue weighted by molar-refractivity contribution is -0.137. The summed E-state index contributed by atoms with van der Waals surface area (Å²) in [5, 5.41) is 11.6. The quantitative estimate of drug-likeness (QED) is 0.692. The van der Waals surface area contributed by atoms with Gasteiger partial charge in [0, 0.05) is 18.1 Å². The van der Waals surface area contributed by atoms with Crippen LogP contribution in [0.25, 0.3) is 5.69 Å². The average Bonchev–Trinajstić information content (AvgIpc) is 3.37. The van der Waals surface area contributed by atoms with E-state index in [1.165, 1.54) is 16.7 Å². The molecule has 1 aliphatic rings. The number of esters is 1. The molecule has 0 unspecified atom stereocenters. The number of aromatic nitrogens is 3. The van der Waals surface area contributed by atoms with Crippen LogP contribution in [0.1, 0.15) is 29.0 Å². The highest BCUT2D eigenvalue weighted by Crippen LogP contribution is 2.18. The summed E-state index contributed by atoms with van der Waals surface area (Å²) in [6.07, 6.45) is 1.94. The Morgan fingerprint density at radius 1 is 1.32 bits per heavy atom. The van der Waals surface area contributed by atoms with Crippen LogP contribution in [0.5, 0.6) is 0 Å². The van der Waals surface area contributed by atoms with Crippen LogP contribution in [-0.4, -0.2) is 63.9 Å². The third kappa shape index (κ3) is 5.07. The SMILES string of the molecule is Cc1nn(-c2cccc(Cl)c2)nc1C(=O)OCC(=O)N(C)CC(=O)NC1CC1. The highest BCUT2D eigenvalue weighted by Gasteiger charge is 2.25. The third-order valence-corrected chi connectivity index (χ3v) is 4.33. The van der Waals surface area contributed by atoms with Crippen molar-refractivity contribution in [3.05, 3.63) is 40.7 Å². The van der Waals surface area contributed by atoms with Crippen LogP contribution in [0, 0.1) is 6.92 Å². The molecule has 0 spiro atoms. The maximum atomic E-state index is 12.3. The summed E-state index contributed by atoms with van der Waals surface area (Å²) in [5.41, 5.74) is 0.948. The zero-order chi connectivity index (χ0) is 20.3. The van der Waals surface area contributed by atoms with E-state index >= 15 is 0 Å². The molecule has 2 amide bonds. The molecule has 1 N–H and O–H groups in total. The summed E-state index contributed by atoms with van der Waals surface area (Å²) in [5.74, 6) is -1.49. The van der Waals surface area contributed by atoms with Gasteiger partial charge in [0.1, 0.15) is 0 Å². The van der Waals surface area contributed by atoms with Crippen molar-refractivity contribution in [1.82, 2.24) is 25.2 Å². The maximum Gasteiger partial charge on any atom is 0.361 e.